The lowest BCUT2D eigenvalue weighted by Gasteiger charge is -2.23. The number of aliphatic hydroxyl groups is 1. The average molecular weight is 441 g/mol. The topological polar surface area (TPSA) is 99.9 Å². The Hall–Kier alpha value is -2.56. The lowest BCUT2D eigenvalue weighted by Crippen LogP contribution is -2.38. The highest BCUT2D eigenvalue weighted by Crippen LogP contribution is 2.43. The van der Waals surface area contributed by atoms with Crippen LogP contribution in [0.5, 0.6) is 5.88 Å². The molecule has 9 heteroatoms. The van der Waals surface area contributed by atoms with E-state index in [2.05, 4.69) is 15.3 Å². The van der Waals surface area contributed by atoms with E-state index in [1.54, 1.807) is 7.11 Å². The first-order valence-electron chi connectivity index (χ1n) is 10.7. The fourth-order valence-electron chi connectivity index (χ4n) is 4.67. The van der Waals surface area contributed by atoms with Gasteiger partial charge in [0, 0.05) is 11.8 Å². The van der Waals surface area contributed by atoms with E-state index in [-0.39, 0.29) is 30.9 Å². The van der Waals surface area contributed by atoms with Crippen LogP contribution in [0.2, 0.25) is 0 Å². The van der Waals surface area contributed by atoms with Gasteiger partial charge in [0.2, 0.25) is 5.88 Å². The monoisotopic (exact) mass is 440 g/mol. The van der Waals surface area contributed by atoms with E-state index in [4.69, 9.17) is 18.9 Å². The van der Waals surface area contributed by atoms with Crippen LogP contribution in [0, 0.1) is 0 Å². The standard InChI is InChI=1S/C23H28N4O5/c1-23(2)31-20-16(10-28)26-18(21(20)32-23)15-9-27(13-30-11-14-7-5-4-6-8-14)19-17(15)24-12-25-22(19)29-3/h4-9,12,16,18,20-21,26,28H,10-11,13H2,1-3H3/t16-,18+,20-,21+/m1/s1. The van der Waals surface area contributed by atoms with E-state index in [9.17, 15) is 5.11 Å². The number of hydrogen-bond acceptors (Lipinski definition) is 8. The van der Waals surface area contributed by atoms with Crippen LogP contribution in [0.1, 0.15) is 31.0 Å². The molecule has 2 fully saturated rings. The molecule has 1 aromatic carbocycles. The van der Waals surface area contributed by atoms with Crippen molar-refractivity contribution in [1.82, 2.24) is 19.9 Å². The summed E-state index contributed by atoms with van der Waals surface area (Å²) in [4.78, 5) is 8.84. The second-order valence-corrected chi connectivity index (χ2v) is 8.60. The number of benzene rings is 1. The predicted octanol–water partition coefficient (Wildman–Crippen LogP) is 2.14. The molecule has 2 aromatic heterocycles. The Balaban J connectivity index is 1.48. The third-order valence-electron chi connectivity index (χ3n) is 5.99. The van der Waals surface area contributed by atoms with Crippen molar-refractivity contribution in [3.05, 3.63) is 54.0 Å². The van der Waals surface area contributed by atoms with Crippen molar-refractivity contribution in [2.45, 2.75) is 57.3 Å². The Morgan fingerprint density at radius 1 is 1.16 bits per heavy atom. The molecule has 3 aromatic rings. The lowest BCUT2D eigenvalue weighted by molar-refractivity contribution is -0.157. The summed E-state index contributed by atoms with van der Waals surface area (Å²) in [5.74, 6) is -0.242. The van der Waals surface area contributed by atoms with E-state index in [1.807, 2.05) is 54.9 Å². The van der Waals surface area contributed by atoms with Crippen molar-refractivity contribution in [3.63, 3.8) is 0 Å². The van der Waals surface area contributed by atoms with E-state index >= 15 is 0 Å². The molecule has 0 aliphatic carbocycles. The van der Waals surface area contributed by atoms with Gasteiger partial charge in [-0.1, -0.05) is 30.3 Å². The Labute approximate surface area is 186 Å². The molecular weight excluding hydrogens is 412 g/mol. The number of nitrogens with one attached hydrogen (secondary N) is 1. The summed E-state index contributed by atoms with van der Waals surface area (Å²) >= 11 is 0. The fourth-order valence-corrected chi connectivity index (χ4v) is 4.67. The molecule has 4 heterocycles. The third-order valence-corrected chi connectivity index (χ3v) is 5.99. The molecular formula is C23H28N4O5. The molecule has 2 saturated heterocycles. The van der Waals surface area contributed by atoms with Gasteiger partial charge in [0.1, 0.15) is 36.3 Å². The van der Waals surface area contributed by atoms with Gasteiger partial charge in [-0.2, -0.15) is 4.98 Å². The van der Waals surface area contributed by atoms with E-state index in [0.29, 0.717) is 19.2 Å². The average Bonchev–Trinajstić information content (AvgIpc) is 3.42. The van der Waals surface area contributed by atoms with Crippen molar-refractivity contribution < 1.29 is 24.1 Å². The van der Waals surface area contributed by atoms with Crippen molar-refractivity contribution in [1.29, 1.82) is 0 Å². The van der Waals surface area contributed by atoms with Crippen LogP contribution in [0.3, 0.4) is 0 Å². The molecule has 4 atom stereocenters. The van der Waals surface area contributed by atoms with Crippen LogP contribution in [-0.2, 0) is 27.5 Å². The second kappa shape index (κ2) is 8.42. The minimum absolute atomic E-state index is 0.0474. The van der Waals surface area contributed by atoms with Gasteiger partial charge in [-0.25, -0.2) is 4.98 Å². The molecule has 0 spiro atoms. The smallest absolute Gasteiger partial charge is 0.241 e. The van der Waals surface area contributed by atoms with Crippen LogP contribution in [0.25, 0.3) is 11.0 Å². The normalized spacial score (nSPS) is 26.5. The molecule has 0 unspecified atom stereocenters. The van der Waals surface area contributed by atoms with Gasteiger partial charge < -0.3 is 33.9 Å². The minimum atomic E-state index is -0.715. The van der Waals surface area contributed by atoms with Gasteiger partial charge in [0.05, 0.1) is 32.4 Å². The minimum Gasteiger partial charge on any atom is -0.479 e. The molecule has 170 valence electrons. The molecule has 2 N–H and O–H groups in total. The Morgan fingerprint density at radius 2 is 1.94 bits per heavy atom. The van der Waals surface area contributed by atoms with Crippen LogP contribution in [0.15, 0.2) is 42.9 Å². The molecule has 32 heavy (non-hydrogen) atoms. The SMILES string of the molecule is COc1ncnc2c([C@@H]3N[C@H](CO)[C@H]4OC(C)(C)O[C@H]43)cn(COCc3ccccc3)c12. The number of rotatable bonds is 7. The molecule has 2 aliphatic rings. The van der Waals surface area contributed by atoms with Gasteiger partial charge in [0.25, 0.3) is 0 Å². The second-order valence-electron chi connectivity index (χ2n) is 8.60. The number of methoxy groups -OCH3 is 1. The highest BCUT2D eigenvalue weighted by molar-refractivity contribution is 5.84. The zero-order valence-corrected chi connectivity index (χ0v) is 18.4. The van der Waals surface area contributed by atoms with E-state index in [1.165, 1.54) is 6.33 Å². The first-order chi connectivity index (χ1) is 15.5. The zero-order chi connectivity index (χ0) is 22.3. The van der Waals surface area contributed by atoms with Crippen LogP contribution < -0.4 is 10.1 Å². The molecule has 0 bridgehead atoms. The molecule has 5 rings (SSSR count). The van der Waals surface area contributed by atoms with E-state index < -0.39 is 5.79 Å². The fraction of sp³-hybridized carbons (Fsp3) is 0.478. The summed E-state index contributed by atoms with van der Waals surface area (Å²) in [6, 6.07) is 9.57. The molecule has 0 saturated carbocycles. The van der Waals surface area contributed by atoms with Gasteiger partial charge in [-0.3, -0.25) is 0 Å². The van der Waals surface area contributed by atoms with Crippen LogP contribution in [0.4, 0.5) is 0 Å². The summed E-state index contributed by atoms with van der Waals surface area (Å²) < 4.78 is 25.8. The number of aliphatic hydroxyl groups excluding tert-OH is 1. The van der Waals surface area contributed by atoms with Gasteiger partial charge in [-0.15, -0.1) is 0 Å². The highest BCUT2D eigenvalue weighted by Gasteiger charge is 2.54. The van der Waals surface area contributed by atoms with Gasteiger partial charge >= 0.3 is 0 Å². The largest absolute Gasteiger partial charge is 0.479 e. The maximum atomic E-state index is 9.90. The number of fused-ring (bicyclic) bond motifs is 2. The summed E-state index contributed by atoms with van der Waals surface area (Å²) in [7, 11) is 1.59. The van der Waals surface area contributed by atoms with Crippen LogP contribution in [-0.4, -0.2) is 57.4 Å². The first-order valence-corrected chi connectivity index (χ1v) is 10.7. The predicted molar refractivity (Wildman–Crippen MR) is 116 cm³/mol. The van der Waals surface area contributed by atoms with Gasteiger partial charge in [0.15, 0.2) is 5.79 Å². The summed E-state index contributed by atoms with van der Waals surface area (Å²) in [5, 5.41) is 13.4. The van der Waals surface area contributed by atoms with Crippen LogP contribution >= 0.6 is 0 Å². The van der Waals surface area contributed by atoms with Crippen molar-refractivity contribution in [2.75, 3.05) is 13.7 Å². The number of ether oxygens (including phenoxy) is 4. The summed E-state index contributed by atoms with van der Waals surface area (Å²) in [6.45, 7) is 4.53. The molecule has 0 amide bonds. The molecule has 0 radical (unpaired) electrons. The zero-order valence-electron chi connectivity index (χ0n) is 18.4. The summed E-state index contributed by atoms with van der Waals surface area (Å²) in [5.41, 5.74) is 3.53. The Morgan fingerprint density at radius 3 is 2.69 bits per heavy atom. The molecule has 2 aliphatic heterocycles. The third kappa shape index (κ3) is 3.76. The van der Waals surface area contributed by atoms with Crippen molar-refractivity contribution in [2.24, 2.45) is 0 Å². The maximum absolute atomic E-state index is 9.90. The first kappa shape index (κ1) is 21.3. The van der Waals surface area contributed by atoms with Crippen molar-refractivity contribution in [3.8, 4) is 5.88 Å². The summed E-state index contributed by atoms with van der Waals surface area (Å²) in [6.07, 6.45) is 2.98. The Bertz CT molecular complexity index is 1090. The van der Waals surface area contributed by atoms with E-state index in [0.717, 1.165) is 22.2 Å². The Kier molecular flexibility index (Phi) is 5.60. The number of hydrogen-bond donors (Lipinski definition) is 2. The molecule has 9 nitrogen and oxygen atoms in total. The van der Waals surface area contributed by atoms with Gasteiger partial charge in [-0.05, 0) is 19.4 Å². The van der Waals surface area contributed by atoms with Crippen molar-refractivity contribution >= 4 is 11.0 Å². The number of nitrogens with zero attached hydrogens (tertiary/aromatic N) is 3. The lowest BCUT2D eigenvalue weighted by atomic mass is 10.0. The maximum Gasteiger partial charge on any atom is 0.241 e. The quantitative estimate of drug-likeness (QED) is 0.577. The number of aromatic nitrogens is 3. The highest BCUT2D eigenvalue weighted by atomic mass is 16.8.